The molecule has 1 aromatic carbocycles. The second-order valence-corrected chi connectivity index (χ2v) is 17.2. The number of hydrogen-bond acceptors (Lipinski definition) is 9. The highest BCUT2D eigenvalue weighted by Crippen LogP contribution is 2.42. The zero-order chi connectivity index (χ0) is 38.1. The molecule has 288 valence electrons. The number of amides is 2. The van der Waals surface area contributed by atoms with Crippen LogP contribution in [0.3, 0.4) is 0 Å². The van der Waals surface area contributed by atoms with Gasteiger partial charge in [0.25, 0.3) is 5.91 Å². The molecule has 0 unspecified atom stereocenters. The molecule has 1 saturated heterocycles. The van der Waals surface area contributed by atoms with Crippen LogP contribution in [-0.4, -0.2) is 69.7 Å². The summed E-state index contributed by atoms with van der Waals surface area (Å²) >= 11 is 1.50. The van der Waals surface area contributed by atoms with Gasteiger partial charge in [0.2, 0.25) is 5.91 Å². The Bertz CT molecular complexity index is 2010. The molecule has 54 heavy (non-hydrogen) atoms. The van der Waals surface area contributed by atoms with Crippen molar-refractivity contribution in [2.24, 2.45) is 17.3 Å². The first-order valence-corrected chi connectivity index (χ1v) is 20.5. The summed E-state index contributed by atoms with van der Waals surface area (Å²) in [5.41, 5.74) is 9.73. The van der Waals surface area contributed by atoms with Crippen molar-refractivity contribution in [2.45, 2.75) is 111 Å². The molecule has 3 atom stereocenters. The van der Waals surface area contributed by atoms with E-state index in [1.807, 2.05) is 24.6 Å². The van der Waals surface area contributed by atoms with E-state index in [2.05, 4.69) is 67.3 Å². The summed E-state index contributed by atoms with van der Waals surface area (Å²) in [5, 5.41) is 8.54. The predicted octanol–water partition coefficient (Wildman–Crippen LogP) is 7.03. The molecule has 7 rings (SSSR count). The minimum Gasteiger partial charge on any atom is -0.464 e. The van der Waals surface area contributed by atoms with Crippen LogP contribution in [0.1, 0.15) is 95.5 Å². The summed E-state index contributed by atoms with van der Waals surface area (Å²) in [7, 11) is 1.70. The van der Waals surface area contributed by atoms with Crippen LogP contribution in [0.5, 0.6) is 0 Å². The molecule has 1 saturated carbocycles. The number of aryl methyl sites for hydroxylation is 1. The van der Waals surface area contributed by atoms with Crippen molar-refractivity contribution < 1.29 is 23.9 Å². The van der Waals surface area contributed by atoms with E-state index in [4.69, 9.17) is 19.4 Å². The lowest BCUT2D eigenvalue weighted by Gasteiger charge is -2.36. The van der Waals surface area contributed by atoms with Crippen LogP contribution >= 0.6 is 11.3 Å². The van der Waals surface area contributed by atoms with Gasteiger partial charge in [0.15, 0.2) is 0 Å². The molecule has 5 heterocycles. The monoisotopic (exact) mass is 754 g/mol. The molecule has 11 nitrogen and oxygen atoms in total. The fourth-order valence-corrected chi connectivity index (χ4v) is 9.23. The zero-order valence-corrected chi connectivity index (χ0v) is 33.3. The number of rotatable bonds is 6. The fraction of sp³-hybridized carbons (Fsp3) is 0.548. The quantitative estimate of drug-likeness (QED) is 0.201. The Kier molecular flexibility index (Phi) is 11.2. The van der Waals surface area contributed by atoms with Crippen molar-refractivity contribution in [2.75, 3.05) is 20.3 Å². The largest absolute Gasteiger partial charge is 0.464 e. The van der Waals surface area contributed by atoms with E-state index in [9.17, 15) is 14.4 Å². The third-order valence-electron chi connectivity index (χ3n) is 11.5. The van der Waals surface area contributed by atoms with Crippen molar-refractivity contribution >= 4 is 40.0 Å². The second-order valence-electron chi connectivity index (χ2n) is 16.2. The smallest absolute Gasteiger partial charge is 0.324 e. The minimum atomic E-state index is -0.825. The van der Waals surface area contributed by atoms with E-state index in [0.29, 0.717) is 31.7 Å². The number of hydrogen-bond donors (Lipinski definition) is 2. The van der Waals surface area contributed by atoms with Crippen molar-refractivity contribution in [1.29, 1.82) is 0 Å². The number of nitrogens with one attached hydrogen (secondary N) is 2. The van der Waals surface area contributed by atoms with Crippen LogP contribution in [0, 0.1) is 17.3 Å². The number of ether oxygens (including phenoxy) is 2. The Morgan fingerprint density at radius 3 is 2.72 bits per heavy atom. The van der Waals surface area contributed by atoms with Crippen molar-refractivity contribution in [1.82, 2.24) is 30.3 Å². The SMILES string of the molecule is CCn1c(-c2cccnc2[C@H](C)OC)c2c3cc(ccc31)-c1csc(n1)C[C@H](NC(=O)C1CCC(C)CC1)C(=O)N1CCC[C@H](N1)C(=O)OCC(C)(C)C2. The average molecular weight is 755 g/mol. The molecule has 1 aliphatic carbocycles. The lowest BCUT2D eigenvalue weighted by Crippen LogP contribution is -2.60. The lowest BCUT2D eigenvalue weighted by molar-refractivity contribution is -0.155. The molecule has 2 amide bonds. The van der Waals surface area contributed by atoms with Gasteiger partial charge in [0, 0.05) is 71.6 Å². The van der Waals surface area contributed by atoms with Gasteiger partial charge in [-0.2, -0.15) is 0 Å². The van der Waals surface area contributed by atoms with Gasteiger partial charge in [-0.1, -0.05) is 26.8 Å². The summed E-state index contributed by atoms with van der Waals surface area (Å²) in [4.78, 5) is 51.4. The molecule has 12 heteroatoms. The molecule has 6 bridgehead atoms. The van der Waals surface area contributed by atoms with Crippen molar-refractivity contribution in [3.05, 3.63) is 58.2 Å². The van der Waals surface area contributed by atoms with E-state index >= 15 is 0 Å². The van der Waals surface area contributed by atoms with Gasteiger partial charge in [0.1, 0.15) is 12.1 Å². The Balaban J connectivity index is 1.33. The standard InChI is InChI=1S/C42H54N6O5S/c1-7-47-35-17-16-28-20-30(35)31(38(47)29-10-8-18-43-37(29)26(3)52-6)22-42(4,5)24-53-41(51)32-11-9-19-48(46-32)40(50)33(21-36-44-34(28)23-54-36)45-39(49)27-14-12-25(2)13-15-27/h8,10,16-18,20,23,25-27,32-33,46H,7,9,11-15,19,21-22,24H2,1-6H3,(H,45,49)/t25?,26-,27?,32-,33-/m0/s1. The Morgan fingerprint density at radius 1 is 1.17 bits per heavy atom. The van der Waals surface area contributed by atoms with Crippen LogP contribution in [0.4, 0.5) is 0 Å². The number of aromatic nitrogens is 3. The number of esters is 1. The van der Waals surface area contributed by atoms with Crippen molar-refractivity contribution in [3.8, 4) is 22.5 Å². The maximum atomic E-state index is 14.2. The van der Waals surface area contributed by atoms with Gasteiger partial charge in [-0.3, -0.25) is 24.4 Å². The molecule has 3 aromatic heterocycles. The maximum Gasteiger partial charge on any atom is 0.324 e. The molecule has 0 radical (unpaired) electrons. The first kappa shape index (κ1) is 38.2. The topological polar surface area (TPSA) is 128 Å². The van der Waals surface area contributed by atoms with Crippen molar-refractivity contribution in [3.63, 3.8) is 0 Å². The van der Waals surface area contributed by atoms with Gasteiger partial charge in [-0.05, 0) is 94.5 Å². The number of fused-ring (bicyclic) bond motifs is 6. The van der Waals surface area contributed by atoms with Crippen LogP contribution < -0.4 is 10.7 Å². The number of carbonyl (C=O) groups is 3. The van der Waals surface area contributed by atoms with Gasteiger partial charge in [-0.15, -0.1) is 11.3 Å². The normalized spacial score (nSPS) is 24.1. The highest BCUT2D eigenvalue weighted by Gasteiger charge is 2.37. The van der Waals surface area contributed by atoms with Crippen LogP contribution in [0.15, 0.2) is 41.9 Å². The van der Waals surface area contributed by atoms with Gasteiger partial charge in [0.05, 0.1) is 34.8 Å². The second kappa shape index (κ2) is 15.9. The highest BCUT2D eigenvalue weighted by atomic mass is 32.1. The van der Waals surface area contributed by atoms with E-state index in [1.54, 1.807) is 7.11 Å². The van der Waals surface area contributed by atoms with E-state index in [1.165, 1.54) is 16.3 Å². The van der Waals surface area contributed by atoms with Crippen LogP contribution in [-0.2, 0) is 43.2 Å². The Labute approximate surface area is 322 Å². The molecule has 3 aliphatic rings. The predicted molar refractivity (Wildman–Crippen MR) is 210 cm³/mol. The highest BCUT2D eigenvalue weighted by molar-refractivity contribution is 7.10. The summed E-state index contributed by atoms with van der Waals surface area (Å²) in [5.74, 6) is -0.239. The van der Waals surface area contributed by atoms with E-state index < -0.39 is 17.5 Å². The molecular formula is C42H54N6O5S. The number of carbonyl (C=O) groups excluding carboxylic acids is 3. The lowest BCUT2D eigenvalue weighted by atomic mass is 9.82. The number of benzene rings is 1. The number of methoxy groups -OCH3 is 1. The van der Waals surface area contributed by atoms with Crippen LogP contribution in [0.25, 0.3) is 33.4 Å². The summed E-state index contributed by atoms with van der Waals surface area (Å²) in [6.07, 6.45) is 7.31. The molecule has 2 N–H and O–H groups in total. The number of thiazole rings is 1. The third-order valence-corrected chi connectivity index (χ3v) is 12.4. The number of nitrogens with zero attached hydrogens (tertiary/aromatic N) is 4. The summed E-state index contributed by atoms with van der Waals surface area (Å²) in [6, 6.07) is 9.09. The first-order chi connectivity index (χ1) is 26.0. The van der Waals surface area contributed by atoms with Gasteiger partial charge in [-0.25, -0.2) is 10.4 Å². The number of pyridine rings is 1. The molecular weight excluding hydrogens is 701 g/mol. The van der Waals surface area contributed by atoms with E-state index in [-0.39, 0.29) is 42.8 Å². The van der Waals surface area contributed by atoms with Gasteiger partial charge < -0.3 is 19.4 Å². The average Bonchev–Trinajstić information content (AvgIpc) is 3.77. The summed E-state index contributed by atoms with van der Waals surface area (Å²) in [6.45, 7) is 12.0. The zero-order valence-electron chi connectivity index (χ0n) is 32.4. The molecule has 4 aromatic rings. The fourth-order valence-electron chi connectivity index (χ4n) is 8.38. The number of hydrazine groups is 1. The third kappa shape index (κ3) is 7.83. The van der Waals surface area contributed by atoms with Crippen LogP contribution in [0.2, 0.25) is 0 Å². The molecule has 0 spiro atoms. The van der Waals surface area contributed by atoms with E-state index in [0.717, 1.165) is 81.9 Å². The molecule has 2 aliphatic heterocycles. The Morgan fingerprint density at radius 2 is 1.96 bits per heavy atom. The first-order valence-electron chi connectivity index (χ1n) is 19.6. The Hall–Kier alpha value is -4.13. The van der Waals surface area contributed by atoms with Gasteiger partial charge >= 0.3 is 5.97 Å². The summed E-state index contributed by atoms with van der Waals surface area (Å²) < 4.78 is 14.2. The maximum absolute atomic E-state index is 14.2. The molecule has 2 fully saturated rings. The number of cyclic esters (lactones) is 1. The minimum absolute atomic E-state index is 0.0831.